The third-order valence-electron chi connectivity index (χ3n) is 4.23. The van der Waals surface area contributed by atoms with Crippen molar-refractivity contribution in [3.63, 3.8) is 0 Å². The minimum atomic E-state index is -3.04. The van der Waals surface area contributed by atoms with Crippen LogP contribution in [0.1, 0.15) is 23.7 Å². The molecule has 0 radical (unpaired) electrons. The van der Waals surface area contributed by atoms with Crippen LogP contribution in [-0.4, -0.2) is 48.4 Å². The summed E-state index contributed by atoms with van der Waals surface area (Å²) >= 11 is 6.35. The number of nitrogens with zero attached hydrogens (tertiary/aromatic N) is 3. The molecule has 1 atom stereocenters. The SMILES string of the molecule is Cc1nn([C@@H]2CCS(=O)(=O)C2)c(Cl)c1/C=N\NC(=O)CNc1ccccc1. The minimum absolute atomic E-state index is 0.0340. The lowest BCUT2D eigenvalue weighted by Crippen LogP contribution is -2.25. The lowest BCUT2D eigenvalue weighted by atomic mass is 10.2. The third kappa shape index (κ3) is 4.86. The quantitative estimate of drug-likeness (QED) is 0.558. The Bertz CT molecular complexity index is 956. The van der Waals surface area contributed by atoms with Crippen molar-refractivity contribution in [3.05, 3.63) is 46.7 Å². The van der Waals surface area contributed by atoms with Gasteiger partial charge in [-0.05, 0) is 25.5 Å². The first kappa shape index (κ1) is 19.4. The standard InChI is InChI=1S/C17H20ClN5O3S/c1-12-15(17(18)23(22-12)14-7-8-27(25,26)11-14)9-20-21-16(24)10-19-13-5-3-2-4-6-13/h2-6,9,14,19H,7-8,10-11H2,1H3,(H,21,24)/b20-9-/t14-/m1/s1. The number of rotatable bonds is 6. The van der Waals surface area contributed by atoms with Gasteiger partial charge in [-0.15, -0.1) is 0 Å². The second-order valence-electron chi connectivity index (χ2n) is 6.30. The molecule has 1 amide bonds. The Labute approximate surface area is 162 Å². The van der Waals surface area contributed by atoms with E-state index in [2.05, 4.69) is 20.9 Å². The van der Waals surface area contributed by atoms with Gasteiger partial charge in [0.05, 0.1) is 41.6 Å². The maximum Gasteiger partial charge on any atom is 0.259 e. The first-order chi connectivity index (χ1) is 12.9. The molecule has 0 bridgehead atoms. The molecule has 0 unspecified atom stereocenters. The molecule has 1 aromatic carbocycles. The van der Waals surface area contributed by atoms with E-state index in [0.29, 0.717) is 22.8 Å². The second-order valence-corrected chi connectivity index (χ2v) is 8.89. The van der Waals surface area contributed by atoms with Gasteiger partial charge in [0.1, 0.15) is 5.15 Å². The van der Waals surface area contributed by atoms with E-state index in [9.17, 15) is 13.2 Å². The zero-order valence-electron chi connectivity index (χ0n) is 14.7. The highest BCUT2D eigenvalue weighted by Gasteiger charge is 2.31. The van der Waals surface area contributed by atoms with Gasteiger partial charge >= 0.3 is 0 Å². The van der Waals surface area contributed by atoms with E-state index in [-0.39, 0.29) is 30.0 Å². The molecule has 0 saturated carbocycles. The summed E-state index contributed by atoms with van der Waals surface area (Å²) in [6.45, 7) is 1.83. The summed E-state index contributed by atoms with van der Waals surface area (Å²) in [6, 6.07) is 9.08. The summed E-state index contributed by atoms with van der Waals surface area (Å²) < 4.78 is 24.9. The van der Waals surface area contributed by atoms with Crippen LogP contribution in [0.2, 0.25) is 5.15 Å². The molecular formula is C17H20ClN5O3S. The maximum atomic E-state index is 11.9. The van der Waals surface area contributed by atoms with Crippen LogP contribution in [0.3, 0.4) is 0 Å². The Balaban J connectivity index is 1.59. The van der Waals surface area contributed by atoms with Crippen molar-refractivity contribution in [1.29, 1.82) is 0 Å². The van der Waals surface area contributed by atoms with Crippen LogP contribution in [0.5, 0.6) is 0 Å². The van der Waals surface area contributed by atoms with E-state index in [4.69, 9.17) is 11.6 Å². The number of carbonyl (C=O) groups excluding carboxylic acids is 1. The number of hydrogen-bond donors (Lipinski definition) is 2. The molecule has 144 valence electrons. The fraction of sp³-hybridized carbons (Fsp3) is 0.353. The average Bonchev–Trinajstić information content (AvgIpc) is 3.14. The second kappa shape index (κ2) is 8.10. The Morgan fingerprint density at radius 3 is 2.81 bits per heavy atom. The van der Waals surface area contributed by atoms with Gasteiger partial charge in [-0.3, -0.25) is 4.79 Å². The summed E-state index contributed by atoms with van der Waals surface area (Å²) in [5.41, 5.74) is 4.43. The highest BCUT2D eigenvalue weighted by atomic mass is 35.5. The summed E-state index contributed by atoms with van der Waals surface area (Å²) in [7, 11) is -3.04. The van der Waals surface area contributed by atoms with Crippen molar-refractivity contribution < 1.29 is 13.2 Å². The monoisotopic (exact) mass is 409 g/mol. The van der Waals surface area contributed by atoms with E-state index in [1.807, 2.05) is 30.3 Å². The van der Waals surface area contributed by atoms with E-state index in [0.717, 1.165) is 5.69 Å². The van der Waals surface area contributed by atoms with Gasteiger partial charge in [-0.25, -0.2) is 18.5 Å². The number of nitrogens with one attached hydrogen (secondary N) is 2. The molecule has 2 heterocycles. The van der Waals surface area contributed by atoms with Crippen molar-refractivity contribution in [1.82, 2.24) is 15.2 Å². The molecule has 3 rings (SSSR count). The first-order valence-corrected chi connectivity index (χ1v) is 10.6. The first-order valence-electron chi connectivity index (χ1n) is 8.41. The number of anilines is 1. The van der Waals surface area contributed by atoms with Crippen LogP contribution in [0.15, 0.2) is 35.4 Å². The molecule has 8 nitrogen and oxygen atoms in total. The van der Waals surface area contributed by atoms with Gasteiger partial charge in [0.2, 0.25) is 0 Å². The van der Waals surface area contributed by atoms with Crippen molar-refractivity contribution >= 4 is 39.2 Å². The molecule has 0 aliphatic carbocycles. The van der Waals surface area contributed by atoms with E-state index >= 15 is 0 Å². The number of hydrogen-bond acceptors (Lipinski definition) is 6. The zero-order chi connectivity index (χ0) is 19.4. The number of hydrazone groups is 1. The predicted octanol–water partition coefficient (Wildman–Crippen LogP) is 1.77. The fourth-order valence-corrected chi connectivity index (χ4v) is 4.89. The van der Waals surface area contributed by atoms with Crippen molar-refractivity contribution in [2.75, 3.05) is 23.4 Å². The Hall–Kier alpha value is -2.39. The van der Waals surface area contributed by atoms with E-state index < -0.39 is 9.84 Å². The minimum Gasteiger partial charge on any atom is -0.376 e. The zero-order valence-corrected chi connectivity index (χ0v) is 16.3. The lowest BCUT2D eigenvalue weighted by Gasteiger charge is -2.09. The third-order valence-corrected chi connectivity index (χ3v) is 6.36. The Kier molecular flexibility index (Phi) is 5.81. The highest BCUT2D eigenvalue weighted by molar-refractivity contribution is 7.91. The summed E-state index contributed by atoms with van der Waals surface area (Å²) in [5, 5.41) is 11.6. The van der Waals surface area contributed by atoms with Crippen LogP contribution in [0, 0.1) is 6.92 Å². The van der Waals surface area contributed by atoms with Crippen molar-refractivity contribution in [2.45, 2.75) is 19.4 Å². The van der Waals surface area contributed by atoms with Crippen molar-refractivity contribution in [2.24, 2.45) is 5.10 Å². The number of aromatic nitrogens is 2. The molecule has 10 heteroatoms. The summed E-state index contributed by atoms with van der Waals surface area (Å²) in [5.74, 6) is -0.134. The van der Waals surface area contributed by atoms with Gasteiger partial charge in [0.15, 0.2) is 9.84 Å². The van der Waals surface area contributed by atoms with Gasteiger partial charge in [0, 0.05) is 5.69 Å². The van der Waals surface area contributed by atoms with Crippen LogP contribution < -0.4 is 10.7 Å². The molecule has 2 N–H and O–H groups in total. The normalized spacial score (nSPS) is 18.7. The lowest BCUT2D eigenvalue weighted by molar-refractivity contribution is -0.119. The molecule has 1 aliphatic heterocycles. The molecule has 1 fully saturated rings. The van der Waals surface area contributed by atoms with Gasteiger partial charge in [-0.2, -0.15) is 10.2 Å². The van der Waals surface area contributed by atoms with Crippen LogP contribution in [0.4, 0.5) is 5.69 Å². The number of carbonyl (C=O) groups is 1. The van der Waals surface area contributed by atoms with Gasteiger partial charge in [-0.1, -0.05) is 29.8 Å². The largest absolute Gasteiger partial charge is 0.376 e. The number of aryl methyl sites for hydroxylation is 1. The van der Waals surface area contributed by atoms with E-state index in [1.165, 1.54) is 10.9 Å². The Morgan fingerprint density at radius 1 is 1.41 bits per heavy atom. The van der Waals surface area contributed by atoms with Crippen LogP contribution >= 0.6 is 11.6 Å². The highest BCUT2D eigenvalue weighted by Crippen LogP contribution is 2.29. The number of benzene rings is 1. The fourth-order valence-electron chi connectivity index (χ4n) is 2.84. The topological polar surface area (TPSA) is 105 Å². The number of sulfone groups is 1. The average molecular weight is 410 g/mol. The smallest absolute Gasteiger partial charge is 0.259 e. The maximum absolute atomic E-state index is 11.9. The molecule has 0 spiro atoms. The van der Waals surface area contributed by atoms with Crippen LogP contribution in [-0.2, 0) is 14.6 Å². The van der Waals surface area contributed by atoms with E-state index in [1.54, 1.807) is 6.92 Å². The summed E-state index contributed by atoms with van der Waals surface area (Å²) in [6.07, 6.45) is 1.91. The molecule has 1 aromatic heterocycles. The van der Waals surface area contributed by atoms with Gasteiger partial charge in [0.25, 0.3) is 5.91 Å². The van der Waals surface area contributed by atoms with Crippen LogP contribution in [0.25, 0.3) is 0 Å². The van der Waals surface area contributed by atoms with Crippen molar-refractivity contribution in [3.8, 4) is 0 Å². The number of halogens is 1. The Morgan fingerprint density at radius 2 is 2.15 bits per heavy atom. The number of para-hydroxylation sites is 1. The molecule has 27 heavy (non-hydrogen) atoms. The number of amides is 1. The summed E-state index contributed by atoms with van der Waals surface area (Å²) in [4.78, 5) is 11.9. The predicted molar refractivity (Wildman–Crippen MR) is 105 cm³/mol. The van der Waals surface area contributed by atoms with Gasteiger partial charge < -0.3 is 5.32 Å². The molecule has 2 aromatic rings. The molecule has 1 aliphatic rings. The molecule has 1 saturated heterocycles. The molecular weight excluding hydrogens is 390 g/mol.